The second kappa shape index (κ2) is 4.21. The molecule has 0 atom stereocenters. The van der Waals surface area contributed by atoms with Gasteiger partial charge in [0.2, 0.25) is 0 Å². The molecule has 0 unspecified atom stereocenters. The summed E-state index contributed by atoms with van der Waals surface area (Å²) < 4.78 is 0. The third-order valence-corrected chi connectivity index (χ3v) is 3.47. The van der Waals surface area contributed by atoms with Gasteiger partial charge >= 0.3 is 0 Å². The maximum absolute atomic E-state index is 4.43. The zero-order chi connectivity index (χ0) is 10.8. The molecule has 0 aromatic carbocycles. The van der Waals surface area contributed by atoms with Gasteiger partial charge in [0.25, 0.3) is 0 Å². The van der Waals surface area contributed by atoms with E-state index in [9.17, 15) is 0 Å². The lowest BCUT2D eigenvalue weighted by atomic mass is 9.99. The summed E-state index contributed by atoms with van der Waals surface area (Å²) in [6, 6.07) is 2.26. The van der Waals surface area contributed by atoms with Gasteiger partial charge in [-0.1, -0.05) is 6.92 Å². The number of rotatable bonds is 1. The van der Waals surface area contributed by atoms with E-state index < -0.39 is 0 Å². The van der Waals surface area contributed by atoms with E-state index in [-0.39, 0.29) is 0 Å². The standard InChI is InChI=1S/C13H20N2/c1-10-4-6-15(7-5-10)13-8-11(2)12(3)14-9-13/h8-10H,4-7H2,1-3H3. The zero-order valence-corrected chi connectivity index (χ0v) is 9.95. The zero-order valence-electron chi connectivity index (χ0n) is 9.95. The van der Waals surface area contributed by atoms with Gasteiger partial charge in [-0.05, 0) is 44.2 Å². The van der Waals surface area contributed by atoms with Gasteiger partial charge in [-0.3, -0.25) is 4.98 Å². The number of aryl methyl sites for hydroxylation is 2. The molecule has 0 amide bonds. The molecule has 2 heterocycles. The van der Waals surface area contributed by atoms with Crippen molar-refractivity contribution in [2.75, 3.05) is 18.0 Å². The second-order valence-electron chi connectivity index (χ2n) is 4.77. The quantitative estimate of drug-likeness (QED) is 0.699. The van der Waals surface area contributed by atoms with Crippen LogP contribution in [0.4, 0.5) is 5.69 Å². The number of piperidine rings is 1. The summed E-state index contributed by atoms with van der Waals surface area (Å²) in [7, 11) is 0. The van der Waals surface area contributed by atoms with Crippen LogP contribution in [0, 0.1) is 19.8 Å². The molecule has 2 heteroatoms. The predicted molar refractivity (Wildman–Crippen MR) is 64.3 cm³/mol. The van der Waals surface area contributed by atoms with Gasteiger partial charge < -0.3 is 4.90 Å². The Morgan fingerprint density at radius 1 is 1.27 bits per heavy atom. The summed E-state index contributed by atoms with van der Waals surface area (Å²) >= 11 is 0. The third kappa shape index (κ3) is 2.31. The molecule has 1 saturated heterocycles. The lowest BCUT2D eigenvalue weighted by Gasteiger charge is -2.32. The van der Waals surface area contributed by atoms with E-state index in [1.165, 1.54) is 37.2 Å². The molecule has 2 nitrogen and oxygen atoms in total. The Bertz CT molecular complexity index is 338. The van der Waals surface area contributed by atoms with Crippen LogP contribution in [0.5, 0.6) is 0 Å². The highest BCUT2D eigenvalue weighted by atomic mass is 15.1. The van der Waals surface area contributed by atoms with Crippen molar-refractivity contribution in [3.63, 3.8) is 0 Å². The van der Waals surface area contributed by atoms with E-state index in [4.69, 9.17) is 0 Å². The van der Waals surface area contributed by atoms with Crippen LogP contribution in [0.3, 0.4) is 0 Å². The van der Waals surface area contributed by atoms with Crippen molar-refractivity contribution in [1.82, 2.24) is 4.98 Å². The smallest absolute Gasteiger partial charge is 0.0555 e. The molecule has 1 aliphatic rings. The molecular formula is C13H20N2. The van der Waals surface area contributed by atoms with Gasteiger partial charge in [-0.25, -0.2) is 0 Å². The van der Waals surface area contributed by atoms with E-state index in [2.05, 4.69) is 36.7 Å². The molecule has 0 bridgehead atoms. The fourth-order valence-corrected chi connectivity index (χ4v) is 2.07. The first-order valence-corrected chi connectivity index (χ1v) is 5.85. The van der Waals surface area contributed by atoms with Crippen molar-refractivity contribution in [3.8, 4) is 0 Å². The third-order valence-electron chi connectivity index (χ3n) is 3.47. The van der Waals surface area contributed by atoms with Crippen molar-refractivity contribution in [2.45, 2.75) is 33.6 Å². The van der Waals surface area contributed by atoms with Crippen molar-refractivity contribution in [3.05, 3.63) is 23.5 Å². The second-order valence-corrected chi connectivity index (χ2v) is 4.77. The van der Waals surface area contributed by atoms with Crippen LogP contribution >= 0.6 is 0 Å². The maximum atomic E-state index is 4.43. The number of aromatic nitrogens is 1. The van der Waals surface area contributed by atoms with Gasteiger partial charge in [0.05, 0.1) is 11.9 Å². The van der Waals surface area contributed by atoms with E-state index in [1.807, 2.05) is 6.20 Å². The molecule has 15 heavy (non-hydrogen) atoms. The van der Waals surface area contributed by atoms with Gasteiger partial charge in [-0.2, -0.15) is 0 Å². The summed E-state index contributed by atoms with van der Waals surface area (Å²) in [5.41, 5.74) is 3.74. The first-order chi connectivity index (χ1) is 7.16. The molecule has 2 rings (SSSR count). The Hall–Kier alpha value is -1.05. The Balaban J connectivity index is 2.12. The summed E-state index contributed by atoms with van der Waals surface area (Å²) in [6.45, 7) is 8.92. The number of nitrogens with zero attached hydrogens (tertiary/aromatic N) is 2. The van der Waals surface area contributed by atoms with Crippen molar-refractivity contribution >= 4 is 5.69 Å². The molecule has 0 saturated carbocycles. The van der Waals surface area contributed by atoms with Crippen LogP contribution < -0.4 is 4.90 Å². The van der Waals surface area contributed by atoms with Gasteiger partial charge in [-0.15, -0.1) is 0 Å². The van der Waals surface area contributed by atoms with Gasteiger partial charge in [0, 0.05) is 18.8 Å². The van der Waals surface area contributed by atoms with Crippen molar-refractivity contribution < 1.29 is 0 Å². The molecule has 1 aromatic rings. The van der Waals surface area contributed by atoms with Crippen LogP contribution in [0.15, 0.2) is 12.3 Å². The van der Waals surface area contributed by atoms with Gasteiger partial charge in [0.1, 0.15) is 0 Å². The van der Waals surface area contributed by atoms with E-state index in [0.717, 1.165) is 11.6 Å². The monoisotopic (exact) mass is 204 g/mol. The fraction of sp³-hybridized carbons (Fsp3) is 0.615. The summed E-state index contributed by atoms with van der Waals surface area (Å²) in [4.78, 5) is 6.89. The lowest BCUT2D eigenvalue weighted by molar-refractivity contribution is 0.438. The molecule has 0 N–H and O–H groups in total. The van der Waals surface area contributed by atoms with Gasteiger partial charge in [0.15, 0.2) is 0 Å². The summed E-state index contributed by atoms with van der Waals surface area (Å²) in [6.07, 6.45) is 4.64. The molecule has 82 valence electrons. The number of hydrogen-bond donors (Lipinski definition) is 0. The highest BCUT2D eigenvalue weighted by Gasteiger charge is 2.16. The SMILES string of the molecule is Cc1cc(N2CCC(C)CC2)cnc1C. The Kier molecular flexibility index (Phi) is 2.94. The predicted octanol–water partition coefficient (Wildman–Crippen LogP) is 2.93. The number of anilines is 1. The molecule has 0 spiro atoms. The summed E-state index contributed by atoms with van der Waals surface area (Å²) in [5, 5.41) is 0. The Morgan fingerprint density at radius 3 is 2.53 bits per heavy atom. The Morgan fingerprint density at radius 2 is 1.93 bits per heavy atom. The minimum absolute atomic E-state index is 0.890. The van der Waals surface area contributed by atoms with E-state index >= 15 is 0 Å². The van der Waals surface area contributed by atoms with Crippen molar-refractivity contribution in [1.29, 1.82) is 0 Å². The number of hydrogen-bond acceptors (Lipinski definition) is 2. The van der Waals surface area contributed by atoms with E-state index in [0.29, 0.717) is 0 Å². The number of pyridine rings is 1. The minimum atomic E-state index is 0.890. The first-order valence-electron chi connectivity index (χ1n) is 5.85. The van der Waals surface area contributed by atoms with Crippen LogP contribution in [0.2, 0.25) is 0 Å². The topological polar surface area (TPSA) is 16.1 Å². The van der Waals surface area contributed by atoms with Crippen LogP contribution in [0.25, 0.3) is 0 Å². The molecule has 0 aliphatic carbocycles. The lowest BCUT2D eigenvalue weighted by Crippen LogP contribution is -2.32. The largest absolute Gasteiger partial charge is 0.370 e. The van der Waals surface area contributed by atoms with E-state index in [1.54, 1.807) is 0 Å². The van der Waals surface area contributed by atoms with Crippen LogP contribution in [0.1, 0.15) is 31.0 Å². The molecule has 1 aromatic heterocycles. The molecule has 0 radical (unpaired) electrons. The highest BCUT2D eigenvalue weighted by molar-refractivity contribution is 5.47. The fourth-order valence-electron chi connectivity index (χ4n) is 2.07. The van der Waals surface area contributed by atoms with Crippen LogP contribution in [-0.2, 0) is 0 Å². The minimum Gasteiger partial charge on any atom is -0.370 e. The van der Waals surface area contributed by atoms with Crippen molar-refractivity contribution in [2.24, 2.45) is 5.92 Å². The Labute approximate surface area is 92.3 Å². The molecular weight excluding hydrogens is 184 g/mol. The molecule has 1 fully saturated rings. The normalized spacial score (nSPS) is 18.2. The van der Waals surface area contributed by atoms with Crippen LogP contribution in [-0.4, -0.2) is 18.1 Å². The highest BCUT2D eigenvalue weighted by Crippen LogP contribution is 2.23. The average molecular weight is 204 g/mol. The average Bonchev–Trinajstić information content (AvgIpc) is 2.23. The first kappa shape index (κ1) is 10.5. The molecule has 1 aliphatic heterocycles. The summed E-state index contributed by atoms with van der Waals surface area (Å²) in [5.74, 6) is 0.890. The maximum Gasteiger partial charge on any atom is 0.0555 e.